The number of thioether (sulfide) groups is 1. The predicted octanol–water partition coefficient (Wildman–Crippen LogP) is 3.06. The summed E-state index contributed by atoms with van der Waals surface area (Å²) in [7, 11) is 1.63. The minimum absolute atomic E-state index is 0.0347. The summed E-state index contributed by atoms with van der Waals surface area (Å²) in [5.74, 6) is 1.30. The Morgan fingerprint density at radius 3 is 2.75 bits per heavy atom. The standard InChI is InChI=1S/C18H19NO4S/c1-22-16-8-7-12(17-19-15(11-24-17)18(20)21)9-13(16)10-23-14-5-3-2-4-6-14/h2-9,15,17,19H,10-11H2,1H3,(H,20,21)/t15-,17-/m0/s1. The Bertz CT molecular complexity index is 707. The van der Waals surface area contributed by atoms with E-state index in [0.717, 1.165) is 22.6 Å². The number of aliphatic carboxylic acids is 1. The number of benzene rings is 2. The summed E-state index contributed by atoms with van der Waals surface area (Å²) in [6.07, 6.45) is 0. The van der Waals surface area contributed by atoms with Gasteiger partial charge in [0.2, 0.25) is 0 Å². The number of hydrogen-bond donors (Lipinski definition) is 2. The molecule has 0 aromatic heterocycles. The molecular weight excluding hydrogens is 326 g/mol. The van der Waals surface area contributed by atoms with E-state index in [1.54, 1.807) is 18.9 Å². The van der Waals surface area contributed by atoms with E-state index in [-0.39, 0.29) is 5.37 Å². The van der Waals surface area contributed by atoms with E-state index in [0.29, 0.717) is 12.4 Å². The van der Waals surface area contributed by atoms with Gasteiger partial charge in [0.05, 0.1) is 12.5 Å². The Kier molecular flexibility index (Phi) is 5.27. The van der Waals surface area contributed by atoms with Crippen LogP contribution in [0.4, 0.5) is 0 Å². The van der Waals surface area contributed by atoms with E-state index >= 15 is 0 Å². The Morgan fingerprint density at radius 1 is 1.29 bits per heavy atom. The van der Waals surface area contributed by atoms with Crippen LogP contribution >= 0.6 is 11.8 Å². The number of hydrogen-bond acceptors (Lipinski definition) is 5. The second-order valence-electron chi connectivity index (χ2n) is 5.44. The Morgan fingerprint density at radius 2 is 2.08 bits per heavy atom. The molecular formula is C18H19NO4S. The minimum Gasteiger partial charge on any atom is -0.496 e. The third-order valence-electron chi connectivity index (χ3n) is 3.82. The summed E-state index contributed by atoms with van der Waals surface area (Å²) in [5.41, 5.74) is 1.95. The zero-order chi connectivity index (χ0) is 16.9. The van der Waals surface area contributed by atoms with Crippen LogP contribution in [0.1, 0.15) is 16.5 Å². The van der Waals surface area contributed by atoms with E-state index in [9.17, 15) is 4.79 Å². The van der Waals surface area contributed by atoms with E-state index in [1.807, 2.05) is 48.5 Å². The van der Waals surface area contributed by atoms with Crippen molar-refractivity contribution < 1.29 is 19.4 Å². The highest BCUT2D eigenvalue weighted by Crippen LogP contribution is 2.35. The smallest absolute Gasteiger partial charge is 0.321 e. The summed E-state index contributed by atoms with van der Waals surface area (Å²) in [4.78, 5) is 11.1. The monoisotopic (exact) mass is 345 g/mol. The molecule has 1 heterocycles. The summed E-state index contributed by atoms with van der Waals surface area (Å²) < 4.78 is 11.2. The van der Waals surface area contributed by atoms with Gasteiger partial charge in [-0.2, -0.15) is 0 Å². The molecule has 5 nitrogen and oxygen atoms in total. The quantitative estimate of drug-likeness (QED) is 0.839. The molecule has 0 aliphatic carbocycles. The first-order valence-electron chi connectivity index (χ1n) is 7.62. The topological polar surface area (TPSA) is 67.8 Å². The van der Waals surface area contributed by atoms with Crippen LogP contribution < -0.4 is 14.8 Å². The first-order valence-corrected chi connectivity index (χ1v) is 8.67. The SMILES string of the molecule is COc1ccc([C@H]2N[C@H](C(=O)O)CS2)cc1COc1ccccc1. The molecule has 2 aromatic rings. The molecule has 6 heteroatoms. The van der Waals surface area contributed by atoms with Gasteiger partial charge in [-0.1, -0.05) is 24.3 Å². The lowest BCUT2D eigenvalue weighted by Gasteiger charge is -2.16. The fraction of sp³-hybridized carbons (Fsp3) is 0.278. The summed E-state index contributed by atoms with van der Waals surface area (Å²) in [6.45, 7) is 0.390. The average Bonchev–Trinajstić information content (AvgIpc) is 3.11. The predicted molar refractivity (Wildman–Crippen MR) is 93.5 cm³/mol. The molecule has 1 aliphatic rings. The van der Waals surface area contributed by atoms with Crippen molar-refractivity contribution in [2.24, 2.45) is 0 Å². The lowest BCUT2D eigenvalue weighted by Crippen LogP contribution is -2.33. The van der Waals surface area contributed by atoms with Gasteiger partial charge in [0.25, 0.3) is 0 Å². The van der Waals surface area contributed by atoms with E-state index < -0.39 is 12.0 Å². The largest absolute Gasteiger partial charge is 0.496 e. The van der Waals surface area contributed by atoms with Gasteiger partial charge in [0.1, 0.15) is 24.1 Å². The molecule has 126 valence electrons. The van der Waals surface area contributed by atoms with Crippen LogP contribution in [0, 0.1) is 0 Å². The molecule has 1 fully saturated rings. The molecule has 2 N–H and O–H groups in total. The van der Waals surface area contributed by atoms with Crippen molar-refractivity contribution in [1.29, 1.82) is 0 Å². The first kappa shape index (κ1) is 16.7. The number of nitrogens with one attached hydrogen (secondary N) is 1. The zero-order valence-electron chi connectivity index (χ0n) is 13.3. The molecule has 24 heavy (non-hydrogen) atoms. The highest BCUT2D eigenvalue weighted by molar-refractivity contribution is 7.99. The Hall–Kier alpha value is -2.18. The van der Waals surface area contributed by atoms with Crippen LogP contribution in [0.25, 0.3) is 0 Å². The van der Waals surface area contributed by atoms with Crippen molar-refractivity contribution >= 4 is 17.7 Å². The second kappa shape index (κ2) is 7.59. The number of ether oxygens (including phenoxy) is 2. The summed E-state index contributed by atoms with van der Waals surface area (Å²) in [5, 5.41) is 12.2. The maximum absolute atomic E-state index is 11.1. The van der Waals surface area contributed by atoms with Crippen molar-refractivity contribution in [1.82, 2.24) is 5.32 Å². The minimum atomic E-state index is -0.814. The van der Waals surface area contributed by atoms with E-state index in [1.165, 1.54) is 0 Å². The fourth-order valence-corrected chi connectivity index (χ4v) is 3.78. The molecule has 2 aromatic carbocycles. The maximum atomic E-state index is 11.1. The number of rotatable bonds is 6. The van der Waals surface area contributed by atoms with E-state index in [4.69, 9.17) is 14.6 Å². The van der Waals surface area contributed by atoms with Crippen molar-refractivity contribution in [3.63, 3.8) is 0 Å². The number of carbonyl (C=O) groups is 1. The van der Waals surface area contributed by atoms with Gasteiger partial charge in [-0.3, -0.25) is 10.1 Å². The third-order valence-corrected chi connectivity index (χ3v) is 5.09. The number of carboxylic acid groups (broad SMARTS) is 1. The average molecular weight is 345 g/mol. The van der Waals surface area contributed by atoms with Crippen molar-refractivity contribution in [3.8, 4) is 11.5 Å². The molecule has 0 radical (unpaired) electrons. The van der Waals surface area contributed by atoms with Gasteiger partial charge in [-0.15, -0.1) is 11.8 Å². The van der Waals surface area contributed by atoms with Gasteiger partial charge in [0.15, 0.2) is 0 Å². The molecule has 0 saturated carbocycles. The van der Waals surface area contributed by atoms with Crippen molar-refractivity contribution in [2.45, 2.75) is 18.0 Å². The molecule has 0 bridgehead atoms. The Balaban J connectivity index is 1.74. The van der Waals surface area contributed by atoms with Gasteiger partial charge in [0, 0.05) is 11.3 Å². The lowest BCUT2D eigenvalue weighted by atomic mass is 10.1. The molecule has 1 aliphatic heterocycles. The summed E-state index contributed by atoms with van der Waals surface area (Å²) in [6, 6.07) is 15.0. The first-order chi connectivity index (χ1) is 11.7. The molecule has 1 saturated heterocycles. The van der Waals surface area contributed by atoms with Crippen LogP contribution in [0.15, 0.2) is 48.5 Å². The zero-order valence-corrected chi connectivity index (χ0v) is 14.1. The number of carboxylic acids is 1. The highest BCUT2D eigenvalue weighted by atomic mass is 32.2. The van der Waals surface area contributed by atoms with Gasteiger partial charge in [-0.05, 0) is 29.8 Å². The lowest BCUT2D eigenvalue weighted by molar-refractivity contribution is -0.138. The molecule has 0 unspecified atom stereocenters. The van der Waals surface area contributed by atoms with Crippen LogP contribution in [-0.4, -0.2) is 30.0 Å². The molecule has 3 rings (SSSR count). The van der Waals surface area contributed by atoms with Crippen LogP contribution in [0.3, 0.4) is 0 Å². The Labute approximate surface area is 145 Å². The fourth-order valence-electron chi connectivity index (χ4n) is 2.56. The number of methoxy groups -OCH3 is 1. The van der Waals surface area contributed by atoms with Crippen LogP contribution in [0.2, 0.25) is 0 Å². The second-order valence-corrected chi connectivity index (χ2v) is 6.58. The normalized spacial score (nSPS) is 19.9. The highest BCUT2D eigenvalue weighted by Gasteiger charge is 2.30. The molecule has 2 atom stereocenters. The third kappa shape index (κ3) is 3.83. The van der Waals surface area contributed by atoms with Crippen molar-refractivity contribution in [2.75, 3.05) is 12.9 Å². The van der Waals surface area contributed by atoms with Gasteiger partial charge >= 0.3 is 5.97 Å². The maximum Gasteiger partial charge on any atom is 0.321 e. The number of para-hydroxylation sites is 1. The van der Waals surface area contributed by atoms with Crippen LogP contribution in [0.5, 0.6) is 11.5 Å². The van der Waals surface area contributed by atoms with Crippen LogP contribution in [-0.2, 0) is 11.4 Å². The molecule has 0 amide bonds. The van der Waals surface area contributed by atoms with Gasteiger partial charge in [-0.25, -0.2) is 0 Å². The molecule has 0 spiro atoms. The van der Waals surface area contributed by atoms with Gasteiger partial charge < -0.3 is 14.6 Å². The summed E-state index contributed by atoms with van der Waals surface area (Å²) >= 11 is 1.59. The van der Waals surface area contributed by atoms with Crippen molar-refractivity contribution in [3.05, 3.63) is 59.7 Å². The van der Waals surface area contributed by atoms with E-state index in [2.05, 4.69) is 5.32 Å².